The Balaban J connectivity index is 1.89. The molecule has 0 aromatic heterocycles. The summed E-state index contributed by atoms with van der Waals surface area (Å²) in [6.07, 6.45) is -4.43. The first-order valence-electron chi connectivity index (χ1n) is 9.02. The molecule has 0 aliphatic carbocycles. The summed E-state index contributed by atoms with van der Waals surface area (Å²) in [5, 5.41) is 19.8. The third-order valence-corrected chi connectivity index (χ3v) is 4.58. The van der Waals surface area contributed by atoms with Crippen molar-refractivity contribution in [1.29, 1.82) is 0 Å². The average molecular weight is 384 g/mol. The van der Waals surface area contributed by atoms with Crippen LogP contribution >= 0.6 is 0 Å². The van der Waals surface area contributed by atoms with Crippen molar-refractivity contribution in [3.63, 3.8) is 0 Å². The zero-order chi connectivity index (χ0) is 19.4. The summed E-state index contributed by atoms with van der Waals surface area (Å²) in [7, 11) is 1.50. The minimum atomic E-state index is -1.17. The average Bonchev–Trinajstić information content (AvgIpc) is 2.78. The zero-order valence-corrected chi connectivity index (χ0v) is 15.8. The highest BCUT2D eigenvalue weighted by Gasteiger charge is 2.51. The second-order valence-electron chi connectivity index (χ2n) is 7.10. The summed E-state index contributed by atoms with van der Waals surface area (Å²) < 4.78 is 34.9. The van der Waals surface area contributed by atoms with Crippen molar-refractivity contribution in [2.45, 2.75) is 56.4 Å². The molecule has 2 N–H and O–H groups in total. The molecule has 27 heavy (non-hydrogen) atoms. The van der Waals surface area contributed by atoms with E-state index in [9.17, 15) is 10.2 Å². The van der Waals surface area contributed by atoms with Crippen LogP contribution in [0.2, 0.25) is 0 Å². The fraction of sp³-hybridized carbons (Fsp3) is 0.684. The van der Waals surface area contributed by atoms with Gasteiger partial charge in [0.15, 0.2) is 12.1 Å². The van der Waals surface area contributed by atoms with Gasteiger partial charge in [-0.15, -0.1) is 0 Å². The Morgan fingerprint density at radius 2 is 1.96 bits per heavy atom. The first kappa shape index (κ1) is 20.6. The number of rotatable bonds is 6. The maximum Gasteiger partial charge on any atom is 0.184 e. The number of benzene rings is 1. The van der Waals surface area contributed by atoms with E-state index in [4.69, 9.17) is 28.4 Å². The molecule has 3 rings (SSSR count). The lowest BCUT2D eigenvalue weighted by atomic mass is 9.98. The summed E-state index contributed by atoms with van der Waals surface area (Å²) in [5.74, 6) is -1.03. The Morgan fingerprint density at radius 3 is 2.63 bits per heavy atom. The number of methoxy groups -OCH3 is 1. The molecule has 0 amide bonds. The molecule has 152 valence electrons. The number of aliphatic hydroxyl groups excluding tert-OH is 2. The van der Waals surface area contributed by atoms with Crippen molar-refractivity contribution in [2.24, 2.45) is 0 Å². The monoisotopic (exact) mass is 384 g/mol. The molecule has 0 spiro atoms. The van der Waals surface area contributed by atoms with Crippen LogP contribution < -0.4 is 0 Å². The minimum absolute atomic E-state index is 0.0213. The Kier molecular flexibility index (Phi) is 6.83. The van der Waals surface area contributed by atoms with Crippen molar-refractivity contribution in [1.82, 2.24) is 0 Å². The lowest BCUT2D eigenvalue weighted by molar-refractivity contribution is -0.307. The fourth-order valence-electron chi connectivity index (χ4n) is 3.43. The van der Waals surface area contributed by atoms with E-state index in [1.165, 1.54) is 7.11 Å². The van der Waals surface area contributed by atoms with Gasteiger partial charge in [-0.2, -0.15) is 0 Å². The van der Waals surface area contributed by atoms with E-state index < -0.39 is 49.2 Å². The van der Waals surface area contributed by atoms with Gasteiger partial charge in [-0.05, 0) is 13.8 Å². The van der Waals surface area contributed by atoms with Crippen molar-refractivity contribution < 1.29 is 38.6 Å². The van der Waals surface area contributed by atoms with Crippen molar-refractivity contribution in [2.75, 3.05) is 27.1 Å². The van der Waals surface area contributed by atoms with Crippen LogP contribution in [-0.2, 0) is 28.4 Å². The number of ether oxygens (including phenoxy) is 6. The molecule has 2 aliphatic rings. The van der Waals surface area contributed by atoms with Gasteiger partial charge in [0, 0.05) is 12.7 Å². The minimum Gasteiger partial charge on any atom is -0.394 e. The Morgan fingerprint density at radius 1 is 1.22 bits per heavy atom. The predicted octanol–water partition coefficient (Wildman–Crippen LogP) is 0.963. The Labute approximate surface area is 158 Å². The molecule has 2 aliphatic heterocycles. The lowest BCUT2D eigenvalue weighted by Crippen LogP contribution is -2.55. The molecule has 0 saturated carbocycles. The zero-order valence-electron chi connectivity index (χ0n) is 15.8. The van der Waals surface area contributed by atoms with E-state index in [1.807, 2.05) is 30.3 Å². The molecular weight excluding hydrogens is 356 g/mol. The maximum absolute atomic E-state index is 10.3. The molecule has 1 aromatic carbocycles. The molecule has 2 fully saturated rings. The van der Waals surface area contributed by atoms with Gasteiger partial charge in [-0.3, -0.25) is 0 Å². The molecule has 8 heteroatoms. The van der Waals surface area contributed by atoms with Crippen LogP contribution in [0, 0.1) is 0 Å². The molecule has 0 bridgehead atoms. The van der Waals surface area contributed by atoms with Crippen LogP contribution in [0.15, 0.2) is 30.3 Å². The van der Waals surface area contributed by atoms with E-state index in [2.05, 4.69) is 0 Å². The van der Waals surface area contributed by atoms with E-state index >= 15 is 0 Å². The summed E-state index contributed by atoms with van der Waals surface area (Å²) in [6, 6.07) is 9.54. The number of hydrogen-bond acceptors (Lipinski definition) is 8. The van der Waals surface area contributed by atoms with E-state index in [1.54, 1.807) is 13.8 Å². The van der Waals surface area contributed by atoms with Gasteiger partial charge in [0.1, 0.15) is 37.3 Å². The topological polar surface area (TPSA) is 95.8 Å². The highest BCUT2D eigenvalue weighted by Crippen LogP contribution is 2.37. The van der Waals surface area contributed by atoms with Gasteiger partial charge in [0.25, 0.3) is 0 Å². The highest BCUT2D eigenvalue weighted by molar-refractivity contribution is 5.16. The van der Waals surface area contributed by atoms with Crippen LogP contribution in [0.4, 0.5) is 0 Å². The molecule has 2 saturated heterocycles. The first-order valence-corrected chi connectivity index (χ1v) is 9.02. The molecule has 1 unspecified atom stereocenters. The van der Waals surface area contributed by atoms with Crippen LogP contribution in [0.5, 0.6) is 0 Å². The lowest BCUT2D eigenvalue weighted by Gasteiger charge is -2.40. The number of hydrogen-bond donors (Lipinski definition) is 2. The molecule has 6 atom stereocenters. The largest absolute Gasteiger partial charge is 0.394 e. The summed E-state index contributed by atoms with van der Waals surface area (Å²) in [6.45, 7) is 3.24. The van der Waals surface area contributed by atoms with E-state index in [0.717, 1.165) is 5.56 Å². The van der Waals surface area contributed by atoms with Gasteiger partial charge < -0.3 is 38.6 Å². The standard InChI is InChI=1S/C19H28O8/c1-19(2)26-14-10-23-18(12-7-5-4-6-8-12)25-16(14)17(24-11-22-3)15(27-19)13(21)9-20/h4-8,13-18,20-21H,9-11H2,1-3H3/t13-,14+,15+,16+,17+,18?/m0/s1. The van der Waals surface area contributed by atoms with Crippen LogP contribution in [0.3, 0.4) is 0 Å². The van der Waals surface area contributed by atoms with Gasteiger partial charge in [-0.1, -0.05) is 30.3 Å². The summed E-state index contributed by atoms with van der Waals surface area (Å²) in [4.78, 5) is 0. The fourth-order valence-corrected chi connectivity index (χ4v) is 3.43. The summed E-state index contributed by atoms with van der Waals surface area (Å²) in [5.41, 5.74) is 0.866. The van der Waals surface area contributed by atoms with Gasteiger partial charge in [-0.25, -0.2) is 0 Å². The molecule has 1 aromatic rings. The molecule has 0 radical (unpaired) electrons. The van der Waals surface area contributed by atoms with E-state index in [0.29, 0.717) is 0 Å². The second-order valence-corrected chi connectivity index (χ2v) is 7.10. The Bertz CT molecular complexity index is 580. The second kappa shape index (κ2) is 8.93. The van der Waals surface area contributed by atoms with Gasteiger partial charge in [0.05, 0.1) is 13.2 Å². The quantitative estimate of drug-likeness (QED) is 0.701. The number of aliphatic hydroxyl groups is 2. The normalized spacial score (nSPS) is 34.5. The van der Waals surface area contributed by atoms with E-state index in [-0.39, 0.29) is 13.4 Å². The van der Waals surface area contributed by atoms with Crippen LogP contribution in [0.25, 0.3) is 0 Å². The highest BCUT2D eigenvalue weighted by atomic mass is 16.8. The SMILES string of the molecule is COCO[C@@H]1[C@@H]([C@@H](O)CO)OC(C)(C)O[C@@H]2COC(c3ccccc3)O[C@@H]12. The van der Waals surface area contributed by atoms with Crippen LogP contribution in [0.1, 0.15) is 25.7 Å². The van der Waals surface area contributed by atoms with Gasteiger partial charge in [0.2, 0.25) is 0 Å². The number of fused-ring (bicyclic) bond motifs is 1. The van der Waals surface area contributed by atoms with Crippen LogP contribution in [-0.4, -0.2) is 73.6 Å². The molecular formula is C19H28O8. The third-order valence-electron chi connectivity index (χ3n) is 4.58. The van der Waals surface area contributed by atoms with Crippen molar-refractivity contribution in [3.8, 4) is 0 Å². The molecule has 8 nitrogen and oxygen atoms in total. The molecule has 2 heterocycles. The van der Waals surface area contributed by atoms with Gasteiger partial charge >= 0.3 is 0 Å². The van der Waals surface area contributed by atoms with Crippen molar-refractivity contribution in [3.05, 3.63) is 35.9 Å². The van der Waals surface area contributed by atoms with Crippen molar-refractivity contribution >= 4 is 0 Å². The first-order chi connectivity index (χ1) is 12.9. The maximum atomic E-state index is 10.3. The Hall–Kier alpha value is -1.10. The predicted molar refractivity (Wildman–Crippen MR) is 93.7 cm³/mol. The summed E-state index contributed by atoms with van der Waals surface area (Å²) >= 11 is 0. The smallest absolute Gasteiger partial charge is 0.184 e. The third kappa shape index (κ3) is 4.85.